The summed E-state index contributed by atoms with van der Waals surface area (Å²) in [5.41, 5.74) is 0.998. The average Bonchev–Trinajstić information content (AvgIpc) is 3.20. The first kappa shape index (κ1) is 23.4. The number of nitrogens with zero attached hydrogens (tertiary/aromatic N) is 3. The third-order valence-corrected chi connectivity index (χ3v) is 4.45. The molecule has 30 heavy (non-hydrogen) atoms. The van der Waals surface area contributed by atoms with Crippen LogP contribution in [-0.4, -0.2) is 74.2 Å². The summed E-state index contributed by atoms with van der Waals surface area (Å²) in [6, 6.07) is 8.99. The Labute approximate surface area is 178 Å². The summed E-state index contributed by atoms with van der Waals surface area (Å²) >= 11 is 0. The molecule has 2 aromatic rings. The Morgan fingerprint density at radius 1 is 1.20 bits per heavy atom. The van der Waals surface area contributed by atoms with Crippen LogP contribution in [0.2, 0.25) is 0 Å². The van der Waals surface area contributed by atoms with E-state index in [1.807, 2.05) is 57.1 Å². The van der Waals surface area contributed by atoms with Gasteiger partial charge in [-0.25, -0.2) is 0 Å². The fourth-order valence-electron chi connectivity index (χ4n) is 2.91. The van der Waals surface area contributed by atoms with Gasteiger partial charge in [-0.2, -0.15) is 0 Å². The topological polar surface area (TPSA) is 87.9 Å². The second-order valence-electron chi connectivity index (χ2n) is 7.86. The highest BCUT2D eigenvalue weighted by atomic mass is 16.5. The van der Waals surface area contributed by atoms with Crippen molar-refractivity contribution in [2.45, 2.75) is 20.3 Å². The third-order valence-electron chi connectivity index (χ3n) is 4.45. The Balaban J connectivity index is 2.04. The minimum absolute atomic E-state index is 0.0735. The van der Waals surface area contributed by atoms with Gasteiger partial charge in [0, 0.05) is 44.2 Å². The maximum Gasteiger partial charge on any atom is 0.276 e. The van der Waals surface area contributed by atoms with E-state index in [0.29, 0.717) is 31.1 Å². The number of carbonyl (C=O) groups excluding carboxylic acids is 2. The normalized spacial score (nSPS) is 11.0. The molecule has 1 aromatic carbocycles. The Kier molecular flexibility index (Phi) is 8.86. The van der Waals surface area contributed by atoms with Gasteiger partial charge in [-0.3, -0.25) is 9.59 Å². The Bertz CT molecular complexity index is 832. The van der Waals surface area contributed by atoms with Crippen LogP contribution in [0.5, 0.6) is 5.75 Å². The van der Waals surface area contributed by atoms with Crippen molar-refractivity contribution in [1.29, 1.82) is 0 Å². The lowest BCUT2D eigenvalue weighted by Crippen LogP contribution is -2.38. The third kappa shape index (κ3) is 7.18. The number of methoxy groups -OCH3 is 1. The van der Waals surface area contributed by atoms with Crippen molar-refractivity contribution >= 4 is 11.8 Å². The van der Waals surface area contributed by atoms with Crippen molar-refractivity contribution in [3.63, 3.8) is 0 Å². The van der Waals surface area contributed by atoms with Crippen LogP contribution in [0.3, 0.4) is 0 Å². The Morgan fingerprint density at radius 3 is 2.63 bits per heavy atom. The monoisotopic (exact) mass is 416 g/mol. The summed E-state index contributed by atoms with van der Waals surface area (Å²) in [6.07, 6.45) is 0.243. The first-order valence-corrected chi connectivity index (χ1v) is 10.1. The molecule has 2 rings (SSSR count). The maximum atomic E-state index is 13.0. The van der Waals surface area contributed by atoms with Gasteiger partial charge in [-0.15, -0.1) is 0 Å². The fraction of sp³-hybridized carbons (Fsp3) is 0.500. The van der Waals surface area contributed by atoms with Crippen LogP contribution in [0, 0.1) is 5.92 Å². The molecule has 8 nitrogen and oxygen atoms in total. The number of hydrogen-bond acceptors (Lipinski definition) is 6. The molecule has 0 aliphatic rings. The molecule has 0 radical (unpaired) electrons. The summed E-state index contributed by atoms with van der Waals surface area (Å²) in [5, 5.41) is 6.83. The lowest BCUT2D eigenvalue weighted by Gasteiger charge is -2.23. The highest BCUT2D eigenvalue weighted by Crippen LogP contribution is 2.25. The standard InChI is InChI=1S/C22H32N4O4/c1-16(2)15-26(11-9-21(27)23-10-12-25(3)4)22(28)19-14-20(30-24-19)17-7-6-8-18(13-17)29-5/h6-8,13-14,16H,9-12,15H2,1-5H3,(H,23,27). The molecular formula is C22H32N4O4. The number of ether oxygens (including phenoxy) is 1. The molecule has 1 heterocycles. The molecule has 0 aliphatic carbocycles. The van der Waals surface area contributed by atoms with Crippen molar-refractivity contribution < 1.29 is 18.8 Å². The van der Waals surface area contributed by atoms with Crippen molar-refractivity contribution in [1.82, 2.24) is 20.3 Å². The van der Waals surface area contributed by atoms with Gasteiger partial charge in [0.15, 0.2) is 11.5 Å². The first-order chi connectivity index (χ1) is 14.3. The second-order valence-corrected chi connectivity index (χ2v) is 7.86. The summed E-state index contributed by atoms with van der Waals surface area (Å²) < 4.78 is 10.6. The second kappa shape index (κ2) is 11.3. The maximum absolute atomic E-state index is 13.0. The van der Waals surface area contributed by atoms with Gasteiger partial charge in [0.2, 0.25) is 5.91 Å². The lowest BCUT2D eigenvalue weighted by molar-refractivity contribution is -0.121. The molecule has 0 fully saturated rings. The smallest absolute Gasteiger partial charge is 0.276 e. The number of aromatic nitrogens is 1. The first-order valence-electron chi connectivity index (χ1n) is 10.1. The number of carbonyl (C=O) groups is 2. The zero-order chi connectivity index (χ0) is 22.1. The van der Waals surface area contributed by atoms with Gasteiger partial charge in [0.05, 0.1) is 7.11 Å². The summed E-state index contributed by atoms with van der Waals surface area (Å²) in [7, 11) is 5.49. The minimum atomic E-state index is -0.248. The summed E-state index contributed by atoms with van der Waals surface area (Å²) in [6.45, 7) is 6.27. The molecule has 0 aliphatic heterocycles. The van der Waals surface area contributed by atoms with Gasteiger partial charge >= 0.3 is 0 Å². The Hall–Kier alpha value is -2.87. The average molecular weight is 417 g/mol. The molecule has 0 saturated heterocycles. The predicted molar refractivity (Wildman–Crippen MR) is 115 cm³/mol. The number of amides is 2. The van der Waals surface area contributed by atoms with Crippen molar-refractivity contribution in [3.05, 3.63) is 36.0 Å². The number of rotatable bonds is 11. The molecule has 0 spiro atoms. The molecule has 0 bridgehead atoms. The molecule has 0 atom stereocenters. The quantitative estimate of drug-likeness (QED) is 0.606. The van der Waals surface area contributed by atoms with Crippen molar-refractivity contribution in [2.75, 3.05) is 47.4 Å². The van der Waals surface area contributed by atoms with E-state index in [2.05, 4.69) is 10.5 Å². The molecule has 1 N–H and O–H groups in total. The molecule has 164 valence electrons. The molecule has 0 saturated carbocycles. The zero-order valence-corrected chi connectivity index (χ0v) is 18.5. The van der Waals surface area contributed by atoms with Crippen LogP contribution in [0.1, 0.15) is 30.8 Å². The number of nitrogens with one attached hydrogen (secondary N) is 1. The SMILES string of the molecule is COc1cccc(-c2cc(C(=O)N(CCC(=O)NCCN(C)C)CC(C)C)no2)c1. The van der Waals surface area contributed by atoms with Crippen LogP contribution < -0.4 is 10.1 Å². The molecule has 0 unspecified atom stereocenters. The molecular weight excluding hydrogens is 384 g/mol. The van der Waals surface area contributed by atoms with E-state index in [-0.39, 0.29) is 29.8 Å². The van der Waals surface area contributed by atoms with Gasteiger partial charge in [0.1, 0.15) is 5.75 Å². The highest BCUT2D eigenvalue weighted by Gasteiger charge is 2.22. The van der Waals surface area contributed by atoms with Crippen LogP contribution in [-0.2, 0) is 4.79 Å². The molecule has 1 aromatic heterocycles. The number of likely N-dealkylation sites (N-methyl/N-ethyl adjacent to an activating group) is 1. The van der Waals surface area contributed by atoms with E-state index < -0.39 is 0 Å². The van der Waals surface area contributed by atoms with E-state index >= 15 is 0 Å². The van der Waals surface area contributed by atoms with Crippen LogP contribution in [0.25, 0.3) is 11.3 Å². The van der Waals surface area contributed by atoms with E-state index in [0.717, 1.165) is 12.1 Å². The van der Waals surface area contributed by atoms with E-state index in [1.54, 1.807) is 18.1 Å². The molecule has 2 amide bonds. The predicted octanol–water partition coefficient (Wildman–Crippen LogP) is 2.52. The molecule has 8 heteroatoms. The zero-order valence-electron chi connectivity index (χ0n) is 18.5. The number of benzene rings is 1. The van der Waals surface area contributed by atoms with E-state index in [4.69, 9.17) is 9.26 Å². The fourth-order valence-corrected chi connectivity index (χ4v) is 2.91. The largest absolute Gasteiger partial charge is 0.497 e. The number of hydrogen-bond donors (Lipinski definition) is 1. The summed E-state index contributed by atoms with van der Waals surface area (Å²) in [4.78, 5) is 28.8. The van der Waals surface area contributed by atoms with Crippen LogP contribution >= 0.6 is 0 Å². The Morgan fingerprint density at radius 2 is 1.97 bits per heavy atom. The van der Waals surface area contributed by atoms with Gasteiger partial charge in [-0.05, 0) is 32.1 Å². The highest BCUT2D eigenvalue weighted by molar-refractivity contribution is 5.93. The van der Waals surface area contributed by atoms with Crippen LogP contribution in [0.4, 0.5) is 0 Å². The van der Waals surface area contributed by atoms with Gasteiger partial charge in [-0.1, -0.05) is 31.1 Å². The van der Waals surface area contributed by atoms with E-state index in [1.165, 1.54) is 0 Å². The van der Waals surface area contributed by atoms with Crippen molar-refractivity contribution in [2.24, 2.45) is 5.92 Å². The van der Waals surface area contributed by atoms with Crippen molar-refractivity contribution in [3.8, 4) is 17.1 Å². The van der Waals surface area contributed by atoms with Crippen LogP contribution in [0.15, 0.2) is 34.9 Å². The lowest BCUT2D eigenvalue weighted by atomic mass is 10.1. The minimum Gasteiger partial charge on any atom is -0.497 e. The summed E-state index contributed by atoms with van der Waals surface area (Å²) in [5.74, 6) is 1.12. The van der Waals surface area contributed by atoms with Gasteiger partial charge < -0.3 is 24.4 Å². The van der Waals surface area contributed by atoms with Gasteiger partial charge in [0.25, 0.3) is 5.91 Å². The van der Waals surface area contributed by atoms with E-state index in [9.17, 15) is 9.59 Å².